The molecule has 0 radical (unpaired) electrons. The lowest BCUT2D eigenvalue weighted by atomic mass is 10.3. The summed E-state index contributed by atoms with van der Waals surface area (Å²) in [5.41, 5.74) is 4.99. The van der Waals surface area contributed by atoms with E-state index in [-0.39, 0.29) is 19.6 Å². The van der Waals surface area contributed by atoms with Gasteiger partial charge in [0.15, 0.2) is 6.10 Å². The van der Waals surface area contributed by atoms with Gasteiger partial charge in [0.05, 0.1) is 26.7 Å². The molecule has 0 aromatic heterocycles. The van der Waals surface area contributed by atoms with Crippen LogP contribution in [0.3, 0.4) is 0 Å². The van der Waals surface area contributed by atoms with Crippen LogP contribution in [0.2, 0.25) is 0 Å². The lowest BCUT2D eigenvalue weighted by molar-refractivity contribution is -0.150. The highest BCUT2D eigenvalue weighted by Gasteiger charge is 2.15. The van der Waals surface area contributed by atoms with E-state index in [1.807, 2.05) is 0 Å². The maximum Gasteiger partial charge on any atom is 0.336 e. The van der Waals surface area contributed by atoms with Crippen molar-refractivity contribution in [3.63, 3.8) is 0 Å². The van der Waals surface area contributed by atoms with Crippen LogP contribution >= 0.6 is 0 Å². The van der Waals surface area contributed by atoms with Crippen molar-refractivity contribution < 1.29 is 24.2 Å². The van der Waals surface area contributed by atoms with Gasteiger partial charge in [-0.25, -0.2) is 4.79 Å². The van der Waals surface area contributed by atoms with E-state index in [4.69, 9.17) is 10.8 Å². The first kappa shape index (κ1) is 14.3. The summed E-state index contributed by atoms with van der Waals surface area (Å²) in [5, 5.41) is 13.6. The highest BCUT2D eigenvalue weighted by molar-refractivity contribution is 5.85. The van der Waals surface area contributed by atoms with Crippen molar-refractivity contribution in [3.05, 3.63) is 0 Å². The first-order valence-corrected chi connectivity index (χ1v) is 4.50. The first-order valence-electron chi connectivity index (χ1n) is 4.50. The fourth-order valence-electron chi connectivity index (χ4n) is 0.743. The molecule has 0 spiro atoms. The zero-order chi connectivity index (χ0) is 12.6. The van der Waals surface area contributed by atoms with Crippen LogP contribution in [0.5, 0.6) is 0 Å². The van der Waals surface area contributed by atoms with Gasteiger partial charge in [-0.3, -0.25) is 9.59 Å². The maximum atomic E-state index is 11.0. The Morgan fingerprint density at radius 1 is 1.31 bits per heavy atom. The number of hydrogen-bond donors (Lipinski definition) is 4. The van der Waals surface area contributed by atoms with Crippen molar-refractivity contribution in [2.45, 2.75) is 6.10 Å². The number of hydrogen-bond acceptors (Lipinski definition) is 6. The molecular formula is C8H15N3O5. The molecule has 92 valence electrons. The molecule has 0 fully saturated rings. The monoisotopic (exact) mass is 233 g/mol. The fourth-order valence-corrected chi connectivity index (χ4v) is 0.743. The number of carbonyl (C=O) groups is 3. The lowest BCUT2D eigenvalue weighted by Gasteiger charge is -2.09. The number of methoxy groups -OCH3 is 1. The molecule has 0 saturated heterocycles. The number of nitrogens with one attached hydrogen (secondary N) is 2. The molecule has 8 nitrogen and oxygen atoms in total. The first-order chi connectivity index (χ1) is 7.51. The molecule has 2 amide bonds. The molecule has 0 aliphatic heterocycles. The van der Waals surface area contributed by atoms with Crippen LogP contribution in [-0.4, -0.2) is 55.7 Å². The van der Waals surface area contributed by atoms with E-state index in [0.717, 1.165) is 7.11 Å². The van der Waals surface area contributed by atoms with Gasteiger partial charge >= 0.3 is 5.97 Å². The summed E-state index contributed by atoms with van der Waals surface area (Å²) >= 11 is 0. The zero-order valence-electron chi connectivity index (χ0n) is 8.86. The average molecular weight is 233 g/mol. The predicted octanol–water partition coefficient (Wildman–Crippen LogP) is -3.29. The molecular weight excluding hydrogens is 218 g/mol. The Morgan fingerprint density at radius 3 is 2.44 bits per heavy atom. The van der Waals surface area contributed by atoms with E-state index in [1.54, 1.807) is 0 Å². The van der Waals surface area contributed by atoms with Gasteiger partial charge in [-0.2, -0.15) is 0 Å². The van der Waals surface area contributed by atoms with E-state index in [1.165, 1.54) is 0 Å². The summed E-state index contributed by atoms with van der Waals surface area (Å²) in [6.07, 6.45) is -1.42. The second-order valence-electron chi connectivity index (χ2n) is 2.82. The summed E-state index contributed by atoms with van der Waals surface area (Å²) in [4.78, 5) is 32.4. The smallest absolute Gasteiger partial charge is 0.336 e. The summed E-state index contributed by atoms with van der Waals surface area (Å²) in [6.45, 7) is -0.744. The molecule has 0 bridgehead atoms. The number of carbonyl (C=O) groups excluding carboxylic acids is 3. The van der Waals surface area contributed by atoms with Gasteiger partial charge in [-0.05, 0) is 0 Å². The Balaban J connectivity index is 3.73. The largest absolute Gasteiger partial charge is 0.467 e. The molecule has 5 N–H and O–H groups in total. The summed E-state index contributed by atoms with van der Waals surface area (Å²) in [5.74, 6) is -1.85. The van der Waals surface area contributed by atoms with Crippen molar-refractivity contribution in [2.24, 2.45) is 5.73 Å². The summed E-state index contributed by atoms with van der Waals surface area (Å²) in [7, 11) is 1.12. The van der Waals surface area contributed by atoms with Crippen molar-refractivity contribution >= 4 is 17.8 Å². The highest BCUT2D eigenvalue weighted by atomic mass is 16.5. The van der Waals surface area contributed by atoms with E-state index in [2.05, 4.69) is 15.4 Å². The lowest BCUT2D eigenvalue weighted by Crippen LogP contribution is -2.43. The van der Waals surface area contributed by atoms with Crippen LogP contribution in [-0.2, 0) is 19.1 Å². The Morgan fingerprint density at radius 2 is 1.94 bits per heavy atom. The predicted molar refractivity (Wildman–Crippen MR) is 53.1 cm³/mol. The zero-order valence-corrected chi connectivity index (χ0v) is 8.86. The van der Waals surface area contributed by atoms with E-state index >= 15 is 0 Å². The number of rotatable bonds is 6. The fraction of sp³-hybridized carbons (Fsp3) is 0.625. The minimum Gasteiger partial charge on any atom is -0.467 e. The van der Waals surface area contributed by atoms with Crippen LogP contribution in [0.25, 0.3) is 0 Å². The normalized spacial score (nSPS) is 11.4. The molecule has 0 aliphatic rings. The van der Waals surface area contributed by atoms with Gasteiger partial charge in [0, 0.05) is 0 Å². The van der Waals surface area contributed by atoms with Crippen LogP contribution < -0.4 is 16.4 Å². The van der Waals surface area contributed by atoms with Gasteiger partial charge in [0.25, 0.3) is 0 Å². The summed E-state index contributed by atoms with van der Waals surface area (Å²) in [6, 6.07) is 0. The van der Waals surface area contributed by atoms with E-state index in [9.17, 15) is 14.4 Å². The van der Waals surface area contributed by atoms with Crippen molar-refractivity contribution in [1.82, 2.24) is 10.6 Å². The number of aliphatic hydroxyl groups is 1. The van der Waals surface area contributed by atoms with Gasteiger partial charge in [0.2, 0.25) is 11.8 Å². The van der Waals surface area contributed by atoms with Gasteiger partial charge in [-0.1, -0.05) is 0 Å². The third-order valence-electron chi connectivity index (χ3n) is 1.60. The minimum absolute atomic E-state index is 0.210. The molecule has 0 aromatic carbocycles. The molecule has 1 atom stereocenters. The number of nitrogens with two attached hydrogens (primary N) is 1. The molecule has 0 aliphatic carbocycles. The molecule has 0 saturated carbocycles. The maximum absolute atomic E-state index is 11.0. The highest BCUT2D eigenvalue weighted by Crippen LogP contribution is 1.84. The molecule has 0 rings (SSSR count). The molecule has 16 heavy (non-hydrogen) atoms. The SMILES string of the molecule is COC(=O)C(O)CNC(=O)CNC(=O)CN. The quantitative estimate of drug-likeness (QED) is 0.356. The molecule has 8 heteroatoms. The van der Waals surface area contributed by atoms with Crippen molar-refractivity contribution in [3.8, 4) is 0 Å². The van der Waals surface area contributed by atoms with Crippen molar-refractivity contribution in [2.75, 3.05) is 26.7 Å². The molecule has 0 heterocycles. The third kappa shape index (κ3) is 5.94. The molecule has 0 aromatic rings. The topological polar surface area (TPSA) is 131 Å². The molecule has 1 unspecified atom stereocenters. The average Bonchev–Trinajstić information content (AvgIpc) is 2.31. The van der Waals surface area contributed by atoms with Crippen LogP contribution in [0.15, 0.2) is 0 Å². The van der Waals surface area contributed by atoms with Gasteiger partial charge in [0.1, 0.15) is 0 Å². The van der Waals surface area contributed by atoms with Crippen molar-refractivity contribution in [1.29, 1.82) is 0 Å². The van der Waals surface area contributed by atoms with E-state index < -0.39 is 23.9 Å². The minimum atomic E-state index is -1.42. The number of amides is 2. The Hall–Kier alpha value is -1.67. The Kier molecular flexibility index (Phi) is 6.81. The third-order valence-corrected chi connectivity index (χ3v) is 1.60. The van der Waals surface area contributed by atoms with Crippen LogP contribution in [0.1, 0.15) is 0 Å². The van der Waals surface area contributed by atoms with Gasteiger partial charge < -0.3 is 26.2 Å². The summed E-state index contributed by atoms with van der Waals surface area (Å²) < 4.78 is 4.23. The Bertz CT molecular complexity index is 268. The standard InChI is InChI=1S/C8H15N3O5/c1-16-8(15)5(12)3-10-7(14)4-11-6(13)2-9/h5,12H,2-4,9H2,1H3,(H,10,14)(H,11,13). The second kappa shape index (κ2) is 7.60. The number of aliphatic hydroxyl groups excluding tert-OH is 1. The Labute approximate surface area is 92.1 Å². The second-order valence-corrected chi connectivity index (χ2v) is 2.82. The van der Waals surface area contributed by atoms with E-state index in [0.29, 0.717) is 0 Å². The number of esters is 1. The number of ether oxygens (including phenoxy) is 1. The van der Waals surface area contributed by atoms with Crippen LogP contribution in [0, 0.1) is 0 Å². The van der Waals surface area contributed by atoms with Crippen LogP contribution in [0.4, 0.5) is 0 Å². The van der Waals surface area contributed by atoms with Gasteiger partial charge in [-0.15, -0.1) is 0 Å².